The molecule has 1 heterocycles. The van der Waals surface area contributed by atoms with Crippen LogP contribution in [0.4, 0.5) is 13.2 Å². The van der Waals surface area contributed by atoms with Crippen molar-refractivity contribution in [2.45, 2.75) is 25.6 Å². The lowest BCUT2D eigenvalue weighted by Crippen LogP contribution is -2.56. The molecule has 0 atom stereocenters. The normalized spacial score (nSPS) is 17.6. The van der Waals surface area contributed by atoms with Crippen LogP contribution < -0.4 is 0 Å². The smallest absolute Gasteiger partial charge is 0.338 e. The van der Waals surface area contributed by atoms with Gasteiger partial charge in [-0.25, -0.2) is 0 Å². The highest BCUT2D eigenvalue weighted by Gasteiger charge is 2.39. The van der Waals surface area contributed by atoms with Crippen LogP contribution >= 0.6 is 0 Å². The summed E-state index contributed by atoms with van der Waals surface area (Å²) in [4.78, 5) is 27.4. The maximum atomic E-state index is 13.2. The number of likely N-dealkylation sites (tertiary alicyclic amines) is 1. The van der Waals surface area contributed by atoms with E-state index in [4.69, 9.17) is 0 Å². The lowest BCUT2D eigenvalue weighted by atomic mass is 9.97. The second kappa shape index (κ2) is 7.13. The number of halogens is 3. The third kappa shape index (κ3) is 4.08. The predicted octanol–water partition coefficient (Wildman–Crippen LogP) is 3.09. The van der Waals surface area contributed by atoms with Crippen molar-refractivity contribution in [1.29, 1.82) is 0 Å². The van der Waals surface area contributed by atoms with Gasteiger partial charge in [-0.2, -0.15) is 13.2 Å². The van der Waals surface area contributed by atoms with Crippen molar-refractivity contribution in [1.82, 2.24) is 9.80 Å². The number of carbonyl (C=O) groups excluding carboxylic acids is 2. The van der Waals surface area contributed by atoms with Gasteiger partial charge in [0.05, 0.1) is 11.5 Å². The van der Waals surface area contributed by atoms with Crippen LogP contribution in [0, 0.1) is 11.8 Å². The van der Waals surface area contributed by atoms with Crippen molar-refractivity contribution in [2.24, 2.45) is 11.8 Å². The monoisotopic (exact) mass is 366 g/mol. The Morgan fingerprint density at radius 1 is 1.23 bits per heavy atom. The molecule has 140 valence electrons. The van der Waals surface area contributed by atoms with Crippen LogP contribution in [-0.2, 0) is 22.3 Å². The first-order chi connectivity index (χ1) is 12.3. The lowest BCUT2D eigenvalue weighted by Gasteiger charge is -2.40. The van der Waals surface area contributed by atoms with Crippen molar-refractivity contribution in [2.75, 3.05) is 19.6 Å². The maximum Gasteiger partial charge on any atom is 0.416 e. The fourth-order valence-electron chi connectivity index (χ4n) is 3.19. The van der Waals surface area contributed by atoms with E-state index < -0.39 is 11.7 Å². The van der Waals surface area contributed by atoms with Crippen LogP contribution in [0.25, 0.3) is 0 Å². The lowest BCUT2D eigenvalue weighted by molar-refractivity contribution is -0.148. The highest BCUT2D eigenvalue weighted by atomic mass is 19.4. The number of hydrogen-bond donors (Lipinski definition) is 0. The number of hydrogen-bond acceptors (Lipinski definition) is 2. The van der Waals surface area contributed by atoms with E-state index in [0.717, 1.165) is 18.9 Å². The summed E-state index contributed by atoms with van der Waals surface area (Å²) in [6.45, 7) is 4.42. The molecule has 7 heteroatoms. The number of alkyl halides is 3. The van der Waals surface area contributed by atoms with E-state index >= 15 is 0 Å². The maximum absolute atomic E-state index is 13.2. The molecular weight excluding hydrogens is 345 g/mol. The minimum Gasteiger partial charge on any atom is -0.338 e. The van der Waals surface area contributed by atoms with E-state index in [1.165, 1.54) is 28.0 Å². The van der Waals surface area contributed by atoms with Gasteiger partial charge in [0.1, 0.15) is 0 Å². The van der Waals surface area contributed by atoms with Gasteiger partial charge in [-0.1, -0.05) is 24.8 Å². The predicted molar refractivity (Wildman–Crippen MR) is 89.9 cm³/mol. The van der Waals surface area contributed by atoms with E-state index in [0.29, 0.717) is 25.6 Å². The molecular formula is C19H21F3N2O2. The van der Waals surface area contributed by atoms with E-state index in [9.17, 15) is 22.8 Å². The molecule has 26 heavy (non-hydrogen) atoms. The van der Waals surface area contributed by atoms with Crippen LogP contribution in [0.2, 0.25) is 0 Å². The average molecular weight is 366 g/mol. The van der Waals surface area contributed by atoms with Gasteiger partial charge in [-0.3, -0.25) is 9.59 Å². The average Bonchev–Trinajstić information content (AvgIpc) is 3.36. The first-order valence-corrected chi connectivity index (χ1v) is 8.65. The fourth-order valence-corrected chi connectivity index (χ4v) is 3.19. The van der Waals surface area contributed by atoms with E-state index in [-0.39, 0.29) is 29.8 Å². The molecule has 1 aliphatic carbocycles. The first kappa shape index (κ1) is 18.5. The van der Waals surface area contributed by atoms with Crippen LogP contribution in [-0.4, -0.2) is 41.2 Å². The van der Waals surface area contributed by atoms with Gasteiger partial charge < -0.3 is 9.80 Å². The molecule has 1 aliphatic heterocycles. The van der Waals surface area contributed by atoms with Crippen molar-refractivity contribution in [3.05, 3.63) is 48.0 Å². The largest absolute Gasteiger partial charge is 0.416 e. The van der Waals surface area contributed by atoms with Crippen molar-refractivity contribution >= 4 is 11.8 Å². The summed E-state index contributed by atoms with van der Waals surface area (Å²) in [6.07, 6.45) is -1.26. The number of nitrogens with zero attached hydrogens (tertiary/aromatic N) is 2. The molecule has 2 amide bonds. The van der Waals surface area contributed by atoms with Gasteiger partial charge in [0, 0.05) is 26.2 Å². The first-order valence-electron chi connectivity index (χ1n) is 8.65. The van der Waals surface area contributed by atoms with Gasteiger partial charge in [-0.05, 0) is 36.5 Å². The van der Waals surface area contributed by atoms with Gasteiger partial charge >= 0.3 is 6.18 Å². The summed E-state index contributed by atoms with van der Waals surface area (Å²) in [5, 5.41) is 0. The topological polar surface area (TPSA) is 40.6 Å². The van der Waals surface area contributed by atoms with E-state index in [1.54, 1.807) is 6.07 Å². The zero-order chi connectivity index (χ0) is 18.9. The Labute approximate surface area is 150 Å². The van der Waals surface area contributed by atoms with Crippen LogP contribution in [0.5, 0.6) is 0 Å². The summed E-state index contributed by atoms with van der Waals surface area (Å²) in [6, 6.07) is 5.37. The fraction of sp³-hybridized carbons (Fsp3) is 0.474. The Morgan fingerprint density at radius 3 is 2.46 bits per heavy atom. The molecule has 0 aromatic heterocycles. The molecule has 0 unspecified atom stereocenters. The highest BCUT2D eigenvalue weighted by Crippen LogP contribution is 2.35. The molecule has 2 aliphatic rings. The Kier molecular flexibility index (Phi) is 5.07. The van der Waals surface area contributed by atoms with E-state index in [1.807, 2.05) is 0 Å². The minimum absolute atomic E-state index is 0.0586. The number of carbonyl (C=O) groups is 2. The second-order valence-corrected chi connectivity index (χ2v) is 6.96. The molecule has 1 aromatic carbocycles. The number of benzene rings is 1. The minimum atomic E-state index is -4.45. The highest BCUT2D eigenvalue weighted by molar-refractivity contribution is 5.90. The Morgan fingerprint density at radius 2 is 1.88 bits per heavy atom. The third-order valence-electron chi connectivity index (χ3n) is 4.89. The Hall–Kier alpha value is -2.31. The molecule has 0 N–H and O–H groups in total. The molecule has 0 bridgehead atoms. The summed E-state index contributed by atoms with van der Waals surface area (Å²) in [5.41, 5.74) is -0.599. The van der Waals surface area contributed by atoms with Crippen molar-refractivity contribution in [3.8, 4) is 0 Å². The summed E-state index contributed by atoms with van der Waals surface area (Å²) in [5.74, 6) is -0.397. The van der Waals surface area contributed by atoms with Crippen LogP contribution in [0.15, 0.2) is 36.9 Å². The summed E-state index contributed by atoms with van der Waals surface area (Å²) < 4.78 is 39.7. The SMILES string of the molecule is C=CC(=O)N1CC(C(=O)N(Cc2ccccc2C(F)(F)F)CC2CC2)C1. The van der Waals surface area contributed by atoms with Gasteiger partial charge in [-0.15, -0.1) is 0 Å². The molecule has 1 saturated heterocycles. The number of amides is 2. The molecule has 4 nitrogen and oxygen atoms in total. The molecule has 3 rings (SSSR count). The zero-order valence-electron chi connectivity index (χ0n) is 14.3. The Balaban J connectivity index is 1.72. The van der Waals surface area contributed by atoms with Gasteiger partial charge in [0.25, 0.3) is 0 Å². The molecule has 0 radical (unpaired) electrons. The van der Waals surface area contributed by atoms with Gasteiger partial charge in [0.2, 0.25) is 11.8 Å². The standard InChI is InChI=1S/C19H21F3N2O2/c1-2-17(25)23-11-15(12-23)18(26)24(9-13-7-8-13)10-14-5-3-4-6-16(14)19(20,21)22/h2-6,13,15H,1,7-12H2. The van der Waals surface area contributed by atoms with Crippen LogP contribution in [0.1, 0.15) is 24.0 Å². The van der Waals surface area contributed by atoms with E-state index in [2.05, 4.69) is 6.58 Å². The third-order valence-corrected chi connectivity index (χ3v) is 4.89. The van der Waals surface area contributed by atoms with Crippen molar-refractivity contribution < 1.29 is 22.8 Å². The van der Waals surface area contributed by atoms with Crippen molar-refractivity contribution in [3.63, 3.8) is 0 Å². The zero-order valence-corrected chi connectivity index (χ0v) is 14.3. The molecule has 0 spiro atoms. The Bertz CT molecular complexity index is 707. The second-order valence-electron chi connectivity index (χ2n) is 6.96. The quantitative estimate of drug-likeness (QED) is 0.726. The number of rotatable bonds is 6. The van der Waals surface area contributed by atoms with Crippen LogP contribution in [0.3, 0.4) is 0 Å². The summed E-state index contributed by atoms with van der Waals surface area (Å²) >= 11 is 0. The molecule has 2 fully saturated rings. The molecule has 1 saturated carbocycles. The summed E-state index contributed by atoms with van der Waals surface area (Å²) in [7, 11) is 0. The molecule has 1 aromatic rings. The van der Waals surface area contributed by atoms with Gasteiger partial charge in [0.15, 0.2) is 0 Å².